The number of nitrogens with one attached hydrogen (secondary N) is 1. The van der Waals surface area contributed by atoms with Crippen molar-refractivity contribution in [2.24, 2.45) is 0 Å². The van der Waals surface area contributed by atoms with E-state index in [9.17, 15) is 4.79 Å². The zero-order valence-electron chi connectivity index (χ0n) is 13.6. The molecule has 0 atom stereocenters. The zero-order chi connectivity index (χ0) is 16.6. The van der Waals surface area contributed by atoms with Crippen LogP contribution in [0, 0.1) is 6.92 Å². The Balaban J connectivity index is 1.86. The molecule has 1 N–H and O–H groups in total. The Morgan fingerprint density at radius 1 is 1.35 bits per heavy atom. The molecule has 23 heavy (non-hydrogen) atoms. The number of carbonyl (C=O) groups excluding carboxylic acids is 1. The molecular formula is C16H19N5OS. The molecule has 120 valence electrons. The summed E-state index contributed by atoms with van der Waals surface area (Å²) in [5, 5.41) is 12.3. The fourth-order valence-corrected chi connectivity index (χ4v) is 3.11. The third-order valence-corrected chi connectivity index (χ3v) is 4.85. The number of anilines is 1. The van der Waals surface area contributed by atoms with Crippen molar-refractivity contribution >= 4 is 28.0 Å². The Labute approximate surface area is 138 Å². The standard InChI is InChI=1S/C16H19N5OS/c1-5-12-10(4)21-8-11(6-7-13(21)17-12)14(22)18-16-20-19-15(23-16)9(2)3/h6-9H,5H2,1-4H3,(H,18,20,22). The van der Waals surface area contributed by atoms with Crippen molar-refractivity contribution in [3.63, 3.8) is 0 Å². The average Bonchev–Trinajstić information content (AvgIpc) is 3.12. The largest absolute Gasteiger partial charge is 0.303 e. The molecular weight excluding hydrogens is 310 g/mol. The molecule has 1 amide bonds. The number of aryl methyl sites for hydroxylation is 2. The molecule has 0 aliphatic heterocycles. The molecule has 0 radical (unpaired) electrons. The normalized spacial score (nSPS) is 11.3. The molecule has 3 rings (SSSR count). The molecule has 0 aliphatic rings. The molecule has 0 fully saturated rings. The van der Waals surface area contributed by atoms with Crippen molar-refractivity contribution in [2.75, 3.05) is 5.32 Å². The van der Waals surface area contributed by atoms with Gasteiger partial charge in [-0.3, -0.25) is 10.1 Å². The maximum atomic E-state index is 12.4. The first-order valence-electron chi connectivity index (χ1n) is 7.62. The van der Waals surface area contributed by atoms with Crippen molar-refractivity contribution in [3.8, 4) is 0 Å². The van der Waals surface area contributed by atoms with Gasteiger partial charge in [-0.25, -0.2) is 4.98 Å². The van der Waals surface area contributed by atoms with Gasteiger partial charge in [0.15, 0.2) is 0 Å². The molecule has 0 saturated heterocycles. The summed E-state index contributed by atoms with van der Waals surface area (Å²) >= 11 is 1.41. The van der Waals surface area contributed by atoms with Crippen molar-refractivity contribution in [2.45, 2.75) is 40.0 Å². The Hall–Kier alpha value is -2.28. The molecule has 0 aliphatic carbocycles. The Morgan fingerprint density at radius 3 is 2.78 bits per heavy atom. The number of rotatable bonds is 4. The van der Waals surface area contributed by atoms with Crippen LogP contribution in [0.2, 0.25) is 0 Å². The van der Waals surface area contributed by atoms with Crippen LogP contribution in [0.1, 0.15) is 53.4 Å². The SMILES string of the molecule is CCc1nc2ccc(C(=O)Nc3nnc(C(C)C)s3)cn2c1C. The first-order chi connectivity index (χ1) is 11.0. The van der Waals surface area contributed by atoms with Crippen molar-refractivity contribution in [1.29, 1.82) is 0 Å². The summed E-state index contributed by atoms with van der Waals surface area (Å²) < 4.78 is 1.95. The van der Waals surface area contributed by atoms with Crippen molar-refractivity contribution < 1.29 is 4.79 Å². The van der Waals surface area contributed by atoms with Crippen LogP contribution in [-0.4, -0.2) is 25.5 Å². The average molecular weight is 329 g/mol. The highest BCUT2D eigenvalue weighted by Crippen LogP contribution is 2.23. The van der Waals surface area contributed by atoms with Crippen molar-refractivity contribution in [3.05, 3.63) is 40.3 Å². The maximum absolute atomic E-state index is 12.4. The molecule has 0 spiro atoms. The Bertz CT molecular complexity index is 865. The summed E-state index contributed by atoms with van der Waals surface area (Å²) in [4.78, 5) is 17.0. The van der Waals surface area contributed by atoms with E-state index >= 15 is 0 Å². The van der Waals surface area contributed by atoms with Crippen LogP contribution < -0.4 is 5.32 Å². The number of nitrogens with zero attached hydrogens (tertiary/aromatic N) is 4. The number of imidazole rings is 1. The lowest BCUT2D eigenvalue weighted by Crippen LogP contribution is -2.12. The topological polar surface area (TPSA) is 72.2 Å². The summed E-state index contributed by atoms with van der Waals surface area (Å²) in [5.41, 5.74) is 3.54. The fraction of sp³-hybridized carbons (Fsp3) is 0.375. The number of hydrogen-bond acceptors (Lipinski definition) is 5. The number of aromatic nitrogens is 4. The van der Waals surface area contributed by atoms with Crippen LogP contribution in [0.25, 0.3) is 5.65 Å². The Kier molecular flexibility index (Phi) is 4.12. The van der Waals surface area contributed by atoms with Gasteiger partial charge in [0.2, 0.25) is 5.13 Å². The lowest BCUT2D eigenvalue weighted by molar-refractivity contribution is 0.102. The third kappa shape index (κ3) is 2.96. The van der Waals surface area contributed by atoms with Crippen LogP contribution in [0.15, 0.2) is 18.3 Å². The number of carbonyl (C=O) groups is 1. The molecule has 0 bridgehead atoms. The second-order valence-electron chi connectivity index (χ2n) is 5.70. The lowest BCUT2D eigenvalue weighted by Gasteiger charge is -2.03. The Morgan fingerprint density at radius 2 is 2.13 bits per heavy atom. The number of amides is 1. The van der Waals surface area contributed by atoms with Gasteiger partial charge in [-0.05, 0) is 25.5 Å². The number of hydrogen-bond donors (Lipinski definition) is 1. The van der Waals surface area contributed by atoms with E-state index in [4.69, 9.17) is 0 Å². The third-order valence-electron chi connectivity index (χ3n) is 3.71. The van der Waals surface area contributed by atoms with Crippen LogP contribution >= 0.6 is 11.3 Å². The summed E-state index contributed by atoms with van der Waals surface area (Å²) in [7, 11) is 0. The number of pyridine rings is 1. The number of fused-ring (bicyclic) bond motifs is 1. The van der Waals surface area contributed by atoms with Gasteiger partial charge < -0.3 is 4.40 Å². The summed E-state index contributed by atoms with van der Waals surface area (Å²) in [6.45, 7) is 8.19. The second-order valence-corrected chi connectivity index (χ2v) is 6.71. The van der Waals surface area contributed by atoms with Gasteiger partial charge in [-0.15, -0.1) is 10.2 Å². The van der Waals surface area contributed by atoms with E-state index in [1.807, 2.05) is 37.4 Å². The lowest BCUT2D eigenvalue weighted by atomic mass is 10.2. The minimum absolute atomic E-state index is 0.190. The van der Waals surface area contributed by atoms with E-state index in [-0.39, 0.29) is 5.91 Å². The van der Waals surface area contributed by atoms with Crippen LogP contribution in [-0.2, 0) is 6.42 Å². The molecule has 6 nitrogen and oxygen atoms in total. The van der Waals surface area contributed by atoms with Gasteiger partial charge in [0.05, 0.1) is 11.3 Å². The molecule has 0 saturated carbocycles. The second kappa shape index (κ2) is 6.08. The van der Waals surface area contributed by atoms with Gasteiger partial charge >= 0.3 is 0 Å². The van der Waals surface area contributed by atoms with E-state index < -0.39 is 0 Å². The summed E-state index contributed by atoms with van der Waals surface area (Å²) in [6, 6.07) is 3.64. The zero-order valence-corrected chi connectivity index (χ0v) is 14.4. The minimum atomic E-state index is -0.190. The molecule has 7 heteroatoms. The van der Waals surface area contributed by atoms with Crippen LogP contribution in [0.4, 0.5) is 5.13 Å². The first kappa shape index (κ1) is 15.6. The maximum Gasteiger partial charge on any atom is 0.258 e. The van der Waals surface area contributed by atoms with Gasteiger partial charge in [0.25, 0.3) is 5.91 Å². The van der Waals surface area contributed by atoms with E-state index in [0.29, 0.717) is 16.6 Å². The summed E-state index contributed by atoms with van der Waals surface area (Å²) in [6.07, 6.45) is 2.69. The monoisotopic (exact) mass is 329 g/mol. The molecule has 0 unspecified atom stereocenters. The fourth-order valence-electron chi connectivity index (χ4n) is 2.37. The minimum Gasteiger partial charge on any atom is -0.303 e. The van der Waals surface area contributed by atoms with Crippen LogP contribution in [0.5, 0.6) is 0 Å². The molecule has 3 aromatic heterocycles. The molecule has 3 heterocycles. The van der Waals surface area contributed by atoms with E-state index in [1.54, 1.807) is 6.07 Å². The predicted molar refractivity (Wildman–Crippen MR) is 91.3 cm³/mol. The van der Waals surface area contributed by atoms with E-state index in [2.05, 4.69) is 27.4 Å². The summed E-state index contributed by atoms with van der Waals surface area (Å²) in [5.74, 6) is 0.111. The highest BCUT2D eigenvalue weighted by molar-refractivity contribution is 7.15. The highest BCUT2D eigenvalue weighted by atomic mass is 32.1. The van der Waals surface area contributed by atoms with E-state index in [1.165, 1.54) is 11.3 Å². The molecule has 0 aromatic carbocycles. The first-order valence-corrected chi connectivity index (χ1v) is 8.43. The van der Waals surface area contributed by atoms with Crippen molar-refractivity contribution in [1.82, 2.24) is 19.6 Å². The molecule has 3 aromatic rings. The smallest absolute Gasteiger partial charge is 0.258 e. The van der Waals surface area contributed by atoms with Gasteiger partial charge in [-0.2, -0.15) is 0 Å². The van der Waals surface area contributed by atoms with E-state index in [0.717, 1.165) is 28.5 Å². The van der Waals surface area contributed by atoms with Gasteiger partial charge in [0, 0.05) is 17.8 Å². The highest BCUT2D eigenvalue weighted by Gasteiger charge is 2.14. The predicted octanol–water partition coefficient (Wildman–Crippen LogP) is 3.43. The quantitative estimate of drug-likeness (QED) is 0.796. The van der Waals surface area contributed by atoms with Crippen LogP contribution in [0.3, 0.4) is 0 Å². The van der Waals surface area contributed by atoms with Gasteiger partial charge in [0.1, 0.15) is 10.7 Å². The van der Waals surface area contributed by atoms with Gasteiger partial charge in [-0.1, -0.05) is 32.1 Å².